The van der Waals surface area contributed by atoms with Crippen molar-refractivity contribution in [3.8, 4) is 11.5 Å². The molecule has 0 aliphatic carbocycles. The third-order valence-electron chi connectivity index (χ3n) is 5.50. The van der Waals surface area contributed by atoms with Gasteiger partial charge in [0.05, 0.1) is 10.4 Å². The molecule has 0 saturated carbocycles. The Bertz CT molecular complexity index is 1430. The molecule has 3 aliphatic heterocycles. The van der Waals surface area contributed by atoms with Crippen molar-refractivity contribution in [3.05, 3.63) is 93.5 Å². The summed E-state index contributed by atoms with van der Waals surface area (Å²) >= 11 is 8.08. The molecular formula is C24H17ClN4O3S. The number of benzene rings is 3. The van der Waals surface area contributed by atoms with Crippen LogP contribution in [0, 0.1) is 0 Å². The quantitative estimate of drug-likeness (QED) is 0.628. The summed E-state index contributed by atoms with van der Waals surface area (Å²) in [5.74, 6) is 1.62. The molecule has 3 aromatic rings. The Morgan fingerprint density at radius 1 is 1.06 bits per heavy atom. The lowest BCUT2D eigenvalue weighted by molar-refractivity contribution is -0.116. The Labute approximate surface area is 198 Å². The predicted molar refractivity (Wildman–Crippen MR) is 126 cm³/mol. The van der Waals surface area contributed by atoms with E-state index in [0.29, 0.717) is 44.1 Å². The van der Waals surface area contributed by atoms with Crippen molar-refractivity contribution < 1.29 is 14.3 Å². The van der Waals surface area contributed by atoms with Gasteiger partial charge < -0.3 is 9.47 Å². The monoisotopic (exact) mass is 476 g/mol. The highest BCUT2D eigenvalue weighted by molar-refractivity contribution is 8.13. The number of nitrogens with zero attached hydrogens (tertiary/aromatic N) is 3. The highest BCUT2D eigenvalue weighted by Gasteiger charge is 2.36. The van der Waals surface area contributed by atoms with Gasteiger partial charge in [-0.3, -0.25) is 15.1 Å². The predicted octanol–water partition coefficient (Wildman–Crippen LogP) is 3.15. The number of ether oxygens (including phenoxy) is 2. The van der Waals surface area contributed by atoms with Gasteiger partial charge in [0.1, 0.15) is 5.70 Å². The second-order valence-corrected chi connectivity index (χ2v) is 8.94. The van der Waals surface area contributed by atoms with Crippen molar-refractivity contribution in [1.29, 1.82) is 0 Å². The fourth-order valence-corrected chi connectivity index (χ4v) is 5.01. The van der Waals surface area contributed by atoms with Crippen molar-refractivity contribution in [2.45, 2.75) is 11.9 Å². The number of amidine groups is 1. The smallest absolute Gasteiger partial charge is 0.276 e. The maximum atomic E-state index is 13.3. The van der Waals surface area contributed by atoms with Crippen LogP contribution in [0.1, 0.15) is 17.3 Å². The van der Waals surface area contributed by atoms with Crippen LogP contribution in [0.15, 0.2) is 76.8 Å². The number of halogens is 1. The molecule has 6 rings (SSSR count). The van der Waals surface area contributed by atoms with E-state index in [1.165, 1.54) is 11.8 Å². The minimum atomic E-state index is -0.629. The summed E-state index contributed by atoms with van der Waals surface area (Å²) in [6, 6.07) is 21.1. The van der Waals surface area contributed by atoms with Crippen LogP contribution in [-0.2, 0) is 10.5 Å². The summed E-state index contributed by atoms with van der Waals surface area (Å²) in [7, 11) is 0. The molecule has 1 atom stereocenters. The van der Waals surface area contributed by atoms with Crippen LogP contribution in [0.2, 0.25) is 5.02 Å². The first-order chi connectivity index (χ1) is 16.2. The molecule has 3 heterocycles. The second-order valence-electron chi connectivity index (χ2n) is 7.57. The van der Waals surface area contributed by atoms with E-state index < -0.39 is 6.17 Å². The molecule has 9 heteroatoms. The Kier molecular flexibility index (Phi) is 4.96. The lowest BCUT2D eigenvalue weighted by atomic mass is 10.1. The maximum absolute atomic E-state index is 13.3. The van der Waals surface area contributed by atoms with Gasteiger partial charge in [-0.2, -0.15) is 0 Å². The molecule has 7 nitrogen and oxygen atoms in total. The molecule has 0 aromatic heterocycles. The van der Waals surface area contributed by atoms with Gasteiger partial charge in [-0.1, -0.05) is 71.9 Å². The molecule has 1 amide bonds. The van der Waals surface area contributed by atoms with Crippen molar-refractivity contribution in [2.24, 2.45) is 10.1 Å². The van der Waals surface area contributed by atoms with Crippen LogP contribution in [-0.4, -0.2) is 22.9 Å². The van der Waals surface area contributed by atoms with Gasteiger partial charge in [-0.05, 0) is 17.7 Å². The van der Waals surface area contributed by atoms with Gasteiger partial charge in [-0.15, -0.1) is 5.10 Å². The van der Waals surface area contributed by atoms with E-state index in [1.807, 2.05) is 60.7 Å². The number of hydrogen-bond donors (Lipinski definition) is 1. The lowest BCUT2D eigenvalue weighted by Gasteiger charge is -2.34. The number of rotatable bonds is 3. The standard InChI is InChI=1S/C24H17ClN4O3S/c25-17-11-20-19(31-13-32-20)10-16(17)22-26-18-9-5-4-8-15(18)21-23(30)27-24(28-29(21)22)33-12-14-6-2-1-3-7-14/h1-11,22H,12-13H2,(H,27,28,30)/t22-/m1/s1. The number of carbonyl (C=O) groups is 1. The minimum absolute atomic E-state index is 0.141. The number of fused-ring (bicyclic) bond motifs is 3. The van der Waals surface area contributed by atoms with Crippen molar-refractivity contribution in [1.82, 2.24) is 10.3 Å². The number of hydrazone groups is 1. The molecule has 33 heavy (non-hydrogen) atoms. The van der Waals surface area contributed by atoms with Crippen LogP contribution in [0.25, 0.3) is 5.70 Å². The normalized spacial score (nSPS) is 18.2. The number of hydrogen-bond acceptors (Lipinski definition) is 7. The molecule has 0 radical (unpaired) electrons. The highest BCUT2D eigenvalue weighted by Crippen LogP contribution is 2.42. The third kappa shape index (κ3) is 3.61. The van der Waals surface area contributed by atoms with Gasteiger partial charge in [0.15, 0.2) is 22.8 Å². The summed E-state index contributed by atoms with van der Waals surface area (Å²) in [6.45, 7) is 0.141. The molecule has 1 N–H and O–H groups in total. The first kappa shape index (κ1) is 20.1. The zero-order chi connectivity index (χ0) is 22.4. The lowest BCUT2D eigenvalue weighted by Crippen LogP contribution is -2.50. The van der Waals surface area contributed by atoms with Crippen molar-refractivity contribution >= 4 is 40.1 Å². The van der Waals surface area contributed by atoms with Crippen LogP contribution in [0.3, 0.4) is 0 Å². The average molecular weight is 477 g/mol. The molecule has 3 aromatic carbocycles. The van der Waals surface area contributed by atoms with E-state index in [0.717, 1.165) is 10.8 Å². The van der Waals surface area contributed by atoms with Crippen LogP contribution >= 0.6 is 23.4 Å². The van der Waals surface area contributed by atoms with E-state index in [-0.39, 0.29) is 12.7 Å². The first-order valence-electron chi connectivity index (χ1n) is 10.3. The molecule has 0 saturated heterocycles. The van der Waals surface area contributed by atoms with Gasteiger partial charge in [-0.25, -0.2) is 5.01 Å². The Balaban J connectivity index is 1.45. The highest BCUT2D eigenvalue weighted by atomic mass is 35.5. The number of nitrogens with one attached hydrogen (secondary N) is 1. The zero-order valence-corrected chi connectivity index (χ0v) is 18.8. The number of carbonyl (C=O) groups excluding carboxylic acids is 1. The molecular weight excluding hydrogens is 460 g/mol. The first-order valence-corrected chi connectivity index (χ1v) is 11.7. The Morgan fingerprint density at radius 3 is 2.67 bits per heavy atom. The van der Waals surface area contributed by atoms with E-state index in [2.05, 4.69) is 5.32 Å². The summed E-state index contributed by atoms with van der Waals surface area (Å²) in [5.41, 5.74) is 2.25. The number of para-hydroxylation sites is 1. The van der Waals surface area contributed by atoms with Crippen molar-refractivity contribution in [2.75, 3.05) is 6.79 Å². The van der Waals surface area contributed by atoms with Gasteiger partial charge in [0.2, 0.25) is 6.79 Å². The summed E-state index contributed by atoms with van der Waals surface area (Å²) in [6.07, 6.45) is -0.629. The molecule has 164 valence electrons. The topological polar surface area (TPSA) is 75.5 Å². The average Bonchev–Trinajstić information content (AvgIpc) is 3.29. The largest absolute Gasteiger partial charge is 0.454 e. The fourth-order valence-electron chi connectivity index (χ4n) is 3.95. The number of amides is 1. The van der Waals surface area contributed by atoms with E-state index in [1.54, 1.807) is 11.1 Å². The SMILES string of the molecule is O=C1NC(SCc2ccccc2)=NN2C1=c1ccccc1=N[C@H]2c1cc2c(cc1Cl)OCO2. The zero-order valence-electron chi connectivity index (χ0n) is 17.2. The fraction of sp³-hybridized carbons (Fsp3) is 0.125. The Morgan fingerprint density at radius 2 is 1.82 bits per heavy atom. The third-order valence-corrected chi connectivity index (χ3v) is 6.77. The summed E-state index contributed by atoms with van der Waals surface area (Å²) < 4.78 is 11.0. The molecule has 3 aliphatic rings. The minimum Gasteiger partial charge on any atom is -0.454 e. The van der Waals surface area contributed by atoms with Crippen molar-refractivity contribution in [3.63, 3.8) is 0 Å². The molecule has 0 bridgehead atoms. The molecule has 0 fully saturated rings. The molecule has 0 unspecified atom stereocenters. The number of thioether (sulfide) groups is 1. The molecule has 0 spiro atoms. The van der Waals surface area contributed by atoms with E-state index in [4.69, 9.17) is 31.2 Å². The summed E-state index contributed by atoms with van der Waals surface area (Å²) in [4.78, 5) is 18.2. The van der Waals surface area contributed by atoms with Gasteiger partial charge >= 0.3 is 0 Å². The van der Waals surface area contributed by atoms with Crippen LogP contribution < -0.4 is 25.4 Å². The van der Waals surface area contributed by atoms with Gasteiger partial charge in [0.25, 0.3) is 5.91 Å². The van der Waals surface area contributed by atoms with Gasteiger partial charge in [0, 0.05) is 22.6 Å². The second kappa shape index (κ2) is 8.13. The Hall–Kier alpha value is -3.49. The van der Waals surface area contributed by atoms with E-state index >= 15 is 0 Å². The van der Waals surface area contributed by atoms with Crippen LogP contribution in [0.5, 0.6) is 11.5 Å². The van der Waals surface area contributed by atoms with Crippen LogP contribution in [0.4, 0.5) is 0 Å². The van der Waals surface area contributed by atoms with E-state index in [9.17, 15) is 4.79 Å². The summed E-state index contributed by atoms with van der Waals surface area (Å²) in [5, 5.41) is 11.8. The maximum Gasteiger partial charge on any atom is 0.276 e.